The molecule has 108 valence electrons. The van der Waals surface area contributed by atoms with E-state index in [1.165, 1.54) is 27.7 Å². The van der Waals surface area contributed by atoms with E-state index in [-0.39, 0.29) is 11.5 Å². The fourth-order valence-corrected chi connectivity index (χ4v) is 3.58. The van der Waals surface area contributed by atoms with Crippen molar-refractivity contribution in [2.45, 2.75) is 19.0 Å². The van der Waals surface area contributed by atoms with Gasteiger partial charge in [-0.1, -0.05) is 11.8 Å². The molecule has 0 aliphatic heterocycles. The second-order valence-electron chi connectivity index (χ2n) is 4.25. The molecule has 1 amide bonds. The molecule has 0 aromatic carbocycles. The lowest BCUT2D eigenvalue weighted by Crippen LogP contribution is -2.32. The summed E-state index contributed by atoms with van der Waals surface area (Å²) >= 11 is 2.75. The Hall–Kier alpha value is -1.34. The van der Waals surface area contributed by atoms with Crippen LogP contribution in [0.1, 0.15) is 13.8 Å². The van der Waals surface area contributed by atoms with Crippen molar-refractivity contribution in [3.05, 3.63) is 21.8 Å². The second-order valence-corrected chi connectivity index (χ2v) is 6.09. The highest BCUT2D eigenvalue weighted by Crippen LogP contribution is 2.20. The molecule has 5 nitrogen and oxygen atoms in total. The number of thioether (sulfide) groups is 1. The van der Waals surface area contributed by atoms with Crippen LogP contribution in [0.15, 0.2) is 21.4 Å². The monoisotopic (exact) mass is 311 g/mol. The predicted octanol–water partition coefficient (Wildman–Crippen LogP) is 1.96. The first-order valence-electron chi connectivity index (χ1n) is 6.43. The molecule has 0 bridgehead atoms. The summed E-state index contributed by atoms with van der Waals surface area (Å²) < 4.78 is 1.51. The first-order valence-corrected chi connectivity index (χ1v) is 8.29. The average Bonchev–Trinajstić information content (AvgIpc) is 2.91. The molecule has 7 heteroatoms. The Morgan fingerprint density at radius 1 is 1.45 bits per heavy atom. The van der Waals surface area contributed by atoms with Crippen LogP contribution >= 0.6 is 23.1 Å². The third-order valence-electron chi connectivity index (χ3n) is 3.10. The topological polar surface area (TPSA) is 55.2 Å². The predicted molar refractivity (Wildman–Crippen MR) is 83.5 cm³/mol. The van der Waals surface area contributed by atoms with Gasteiger partial charge in [0.2, 0.25) is 5.91 Å². The Labute approximate surface area is 125 Å². The van der Waals surface area contributed by atoms with Crippen LogP contribution in [0.3, 0.4) is 0 Å². The largest absolute Gasteiger partial charge is 0.343 e. The molecule has 0 saturated carbocycles. The summed E-state index contributed by atoms with van der Waals surface area (Å²) in [5.41, 5.74) is -0.0611. The normalized spacial score (nSPS) is 10.9. The molecule has 0 saturated heterocycles. The lowest BCUT2D eigenvalue weighted by Gasteiger charge is -2.18. The molecular weight excluding hydrogens is 294 g/mol. The molecule has 0 N–H and O–H groups in total. The molecule has 0 radical (unpaired) electrons. The lowest BCUT2D eigenvalue weighted by atomic mass is 10.4. The zero-order valence-corrected chi connectivity index (χ0v) is 13.4. The van der Waals surface area contributed by atoms with E-state index < -0.39 is 0 Å². The summed E-state index contributed by atoms with van der Waals surface area (Å²) in [7, 11) is 1.69. The minimum atomic E-state index is -0.0611. The summed E-state index contributed by atoms with van der Waals surface area (Å²) in [6.45, 7) is 5.31. The van der Waals surface area contributed by atoms with Gasteiger partial charge in [0.25, 0.3) is 5.56 Å². The molecule has 20 heavy (non-hydrogen) atoms. The highest BCUT2D eigenvalue weighted by molar-refractivity contribution is 7.99. The molecule has 0 atom stereocenters. The van der Waals surface area contributed by atoms with Crippen molar-refractivity contribution < 1.29 is 4.79 Å². The smallest absolute Gasteiger partial charge is 0.262 e. The van der Waals surface area contributed by atoms with Crippen LogP contribution in [0, 0.1) is 0 Å². The summed E-state index contributed by atoms with van der Waals surface area (Å²) in [4.78, 5) is 31.1. The Morgan fingerprint density at radius 2 is 2.15 bits per heavy atom. The molecular formula is C13H17N3O2S2. The van der Waals surface area contributed by atoms with Crippen molar-refractivity contribution >= 4 is 39.2 Å². The number of hydrogen-bond donors (Lipinski definition) is 0. The third kappa shape index (κ3) is 2.88. The fraction of sp³-hybridized carbons (Fsp3) is 0.462. The summed E-state index contributed by atoms with van der Waals surface area (Å²) in [6, 6.07) is 1.78. The van der Waals surface area contributed by atoms with Crippen molar-refractivity contribution in [2.24, 2.45) is 7.05 Å². The van der Waals surface area contributed by atoms with Gasteiger partial charge in [-0.15, -0.1) is 11.3 Å². The van der Waals surface area contributed by atoms with Gasteiger partial charge in [0.05, 0.1) is 11.1 Å². The molecule has 2 aromatic heterocycles. The van der Waals surface area contributed by atoms with E-state index in [1.54, 1.807) is 18.0 Å². The number of rotatable bonds is 5. The minimum absolute atomic E-state index is 0.0611. The summed E-state index contributed by atoms with van der Waals surface area (Å²) in [5, 5.41) is 3.08. The van der Waals surface area contributed by atoms with Gasteiger partial charge in [-0.05, 0) is 25.3 Å². The number of carbonyl (C=O) groups is 1. The highest BCUT2D eigenvalue weighted by Gasteiger charge is 2.14. The number of fused-ring (bicyclic) bond motifs is 1. The van der Waals surface area contributed by atoms with Crippen LogP contribution in [0.5, 0.6) is 0 Å². The number of hydrogen-bond acceptors (Lipinski definition) is 5. The van der Waals surface area contributed by atoms with Crippen molar-refractivity contribution in [1.82, 2.24) is 14.5 Å². The standard InChI is InChI=1S/C13H17N3O2S2/c1-4-16(5-2)10(17)8-20-13-14-11-9(6-7-19-11)12(18)15(13)3/h6-7H,4-5,8H2,1-3H3. The van der Waals surface area contributed by atoms with E-state index in [1.807, 2.05) is 19.2 Å². The summed E-state index contributed by atoms with van der Waals surface area (Å²) in [5.74, 6) is 0.374. The molecule has 0 aliphatic carbocycles. The zero-order valence-electron chi connectivity index (χ0n) is 11.8. The van der Waals surface area contributed by atoms with Crippen LogP contribution in [0.25, 0.3) is 10.2 Å². The summed E-state index contributed by atoms with van der Waals surface area (Å²) in [6.07, 6.45) is 0. The van der Waals surface area contributed by atoms with Crippen LogP contribution in [0.2, 0.25) is 0 Å². The maximum atomic E-state index is 12.1. The third-order valence-corrected chi connectivity index (χ3v) is 4.93. The SMILES string of the molecule is CCN(CC)C(=O)CSc1nc2sccc2c(=O)n1C. The molecule has 2 aromatic rings. The van der Waals surface area contributed by atoms with Gasteiger partial charge in [-0.25, -0.2) is 4.98 Å². The second kappa shape index (κ2) is 6.41. The Morgan fingerprint density at radius 3 is 2.80 bits per heavy atom. The number of amides is 1. The van der Waals surface area contributed by atoms with Crippen LogP contribution < -0.4 is 5.56 Å². The van der Waals surface area contributed by atoms with Crippen molar-refractivity contribution in [3.63, 3.8) is 0 Å². The van der Waals surface area contributed by atoms with Crippen molar-refractivity contribution in [2.75, 3.05) is 18.8 Å². The molecule has 0 spiro atoms. The Kier molecular flexibility index (Phi) is 4.82. The Bertz CT molecular complexity index is 674. The maximum absolute atomic E-state index is 12.1. The number of thiophene rings is 1. The quantitative estimate of drug-likeness (QED) is 0.626. The van der Waals surface area contributed by atoms with Crippen LogP contribution in [-0.2, 0) is 11.8 Å². The van der Waals surface area contributed by atoms with Crippen LogP contribution in [-0.4, -0.2) is 39.2 Å². The lowest BCUT2D eigenvalue weighted by molar-refractivity contribution is -0.127. The van der Waals surface area contributed by atoms with Gasteiger partial charge in [0.15, 0.2) is 5.16 Å². The number of nitrogens with zero attached hydrogens (tertiary/aromatic N) is 3. The van der Waals surface area contributed by atoms with E-state index in [0.717, 1.165) is 4.83 Å². The zero-order chi connectivity index (χ0) is 14.7. The maximum Gasteiger partial charge on any atom is 0.262 e. The fourth-order valence-electron chi connectivity index (χ4n) is 1.90. The van der Waals surface area contributed by atoms with Gasteiger partial charge < -0.3 is 4.90 Å². The Balaban J connectivity index is 2.20. The van der Waals surface area contributed by atoms with E-state index >= 15 is 0 Å². The van der Waals surface area contributed by atoms with Gasteiger partial charge >= 0.3 is 0 Å². The molecule has 2 heterocycles. The van der Waals surface area contributed by atoms with Crippen LogP contribution in [0.4, 0.5) is 0 Å². The van der Waals surface area contributed by atoms with Gasteiger partial charge in [-0.3, -0.25) is 14.2 Å². The molecule has 0 aliphatic rings. The highest BCUT2D eigenvalue weighted by atomic mass is 32.2. The molecule has 0 fully saturated rings. The molecule has 0 unspecified atom stereocenters. The number of carbonyl (C=O) groups excluding carboxylic acids is 1. The van der Waals surface area contributed by atoms with E-state index in [2.05, 4.69) is 4.98 Å². The first kappa shape index (κ1) is 15.1. The van der Waals surface area contributed by atoms with E-state index in [9.17, 15) is 9.59 Å². The number of aromatic nitrogens is 2. The molecule has 2 rings (SSSR count). The average molecular weight is 311 g/mol. The van der Waals surface area contributed by atoms with E-state index in [0.29, 0.717) is 29.4 Å². The van der Waals surface area contributed by atoms with Gasteiger partial charge in [0, 0.05) is 20.1 Å². The van der Waals surface area contributed by atoms with Crippen molar-refractivity contribution in [3.8, 4) is 0 Å². The van der Waals surface area contributed by atoms with Gasteiger partial charge in [0.1, 0.15) is 4.83 Å². The van der Waals surface area contributed by atoms with Crippen molar-refractivity contribution in [1.29, 1.82) is 0 Å². The minimum Gasteiger partial charge on any atom is -0.343 e. The first-order chi connectivity index (χ1) is 9.58. The van der Waals surface area contributed by atoms with Gasteiger partial charge in [-0.2, -0.15) is 0 Å². The van der Waals surface area contributed by atoms with E-state index in [4.69, 9.17) is 0 Å².